The van der Waals surface area contributed by atoms with Crippen LogP contribution in [-0.4, -0.2) is 85.6 Å². The molecule has 0 saturated carbocycles. The van der Waals surface area contributed by atoms with Gasteiger partial charge in [0.05, 0.1) is 20.8 Å². The average Bonchev–Trinajstić information content (AvgIpc) is 3.02. The molecule has 3 aliphatic heterocycles. The summed E-state index contributed by atoms with van der Waals surface area (Å²) in [7, 11) is 3.26. The highest BCUT2D eigenvalue weighted by molar-refractivity contribution is 5.96. The Bertz CT molecular complexity index is 1320. The number of rotatable bonds is 5. The Kier molecular flexibility index (Phi) is 10.0. The van der Waals surface area contributed by atoms with Gasteiger partial charge >= 0.3 is 0 Å². The van der Waals surface area contributed by atoms with E-state index in [4.69, 9.17) is 14.2 Å². The normalized spacial score (nSPS) is 23.2. The summed E-state index contributed by atoms with van der Waals surface area (Å²) in [5.74, 6) is 2.12. The number of aryl methyl sites for hydroxylation is 2. The van der Waals surface area contributed by atoms with Crippen LogP contribution < -0.4 is 19.5 Å². The second-order valence-corrected chi connectivity index (χ2v) is 11.8. The highest BCUT2D eigenvalue weighted by Gasteiger charge is 2.43. The van der Waals surface area contributed by atoms with Crippen LogP contribution in [0.4, 0.5) is 0 Å². The molecule has 1 N–H and O–H groups in total. The lowest BCUT2D eigenvalue weighted by molar-refractivity contribution is -0.140. The molecule has 1 aromatic carbocycles. The molecule has 0 spiro atoms. The monoisotopic (exact) mass is 592 g/mol. The average molecular weight is 593 g/mol. The number of likely N-dealkylation sites (tertiary alicyclic amines) is 1. The van der Waals surface area contributed by atoms with E-state index in [9.17, 15) is 14.4 Å². The van der Waals surface area contributed by atoms with Gasteiger partial charge in [-0.2, -0.15) is 0 Å². The highest BCUT2D eigenvalue weighted by Crippen LogP contribution is 2.38. The first-order chi connectivity index (χ1) is 20.9. The third kappa shape index (κ3) is 7.05. The molecule has 2 aromatic rings. The van der Waals surface area contributed by atoms with Crippen molar-refractivity contribution in [2.45, 2.75) is 64.3 Å². The van der Waals surface area contributed by atoms with Crippen molar-refractivity contribution in [2.24, 2.45) is 11.8 Å². The van der Waals surface area contributed by atoms with E-state index in [2.05, 4.69) is 21.3 Å². The molecule has 43 heavy (non-hydrogen) atoms. The van der Waals surface area contributed by atoms with Gasteiger partial charge in [0.15, 0.2) is 11.5 Å². The number of amides is 3. The zero-order valence-corrected chi connectivity index (χ0v) is 25.6. The number of methoxy groups -OCH3 is 2. The van der Waals surface area contributed by atoms with Gasteiger partial charge in [0.1, 0.15) is 5.56 Å². The third-order valence-corrected chi connectivity index (χ3v) is 8.95. The first-order valence-corrected chi connectivity index (χ1v) is 15.6. The van der Waals surface area contributed by atoms with Crippen LogP contribution >= 0.6 is 0 Å². The maximum Gasteiger partial charge on any atom is 0.259 e. The van der Waals surface area contributed by atoms with E-state index in [1.807, 2.05) is 17.9 Å². The highest BCUT2D eigenvalue weighted by atomic mass is 16.5. The Labute approximate surface area is 254 Å². The molecule has 10 nitrogen and oxygen atoms in total. The second kappa shape index (κ2) is 14.1. The number of hydrogen-bond donors (Lipinski definition) is 1. The van der Waals surface area contributed by atoms with Gasteiger partial charge in [-0.1, -0.05) is 6.07 Å². The number of aromatic nitrogens is 1. The van der Waals surface area contributed by atoms with Crippen molar-refractivity contribution in [1.82, 2.24) is 20.1 Å². The van der Waals surface area contributed by atoms with Crippen molar-refractivity contribution in [3.05, 3.63) is 47.2 Å². The van der Waals surface area contributed by atoms with E-state index in [0.29, 0.717) is 81.4 Å². The zero-order chi connectivity index (χ0) is 30.3. The van der Waals surface area contributed by atoms with Crippen molar-refractivity contribution in [1.29, 1.82) is 0 Å². The summed E-state index contributed by atoms with van der Waals surface area (Å²) in [5, 5.41) is 3.06. The topological polar surface area (TPSA) is 110 Å². The van der Waals surface area contributed by atoms with Crippen LogP contribution in [0.25, 0.3) is 0 Å². The Morgan fingerprint density at radius 2 is 1.91 bits per heavy atom. The summed E-state index contributed by atoms with van der Waals surface area (Å²) in [6, 6.07) is 7.56. The summed E-state index contributed by atoms with van der Waals surface area (Å²) in [6.07, 6.45) is 6.94. The first-order valence-electron chi connectivity index (χ1n) is 15.6. The molecule has 3 aliphatic rings. The van der Waals surface area contributed by atoms with E-state index < -0.39 is 0 Å². The van der Waals surface area contributed by atoms with Crippen LogP contribution in [0.3, 0.4) is 0 Å². The summed E-state index contributed by atoms with van der Waals surface area (Å²) >= 11 is 0. The zero-order valence-electron chi connectivity index (χ0n) is 25.6. The molecule has 2 saturated heterocycles. The van der Waals surface area contributed by atoms with Crippen LogP contribution in [0.1, 0.15) is 66.9 Å². The molecule has 4 bridgehead atoms. The van der Waals surface area contributed by atoms with Crippen molar-refractivity contribution in [3.8, 4) is 17.4 Å². The predicted molar refractivity (Wildman–Crippen MR) is 161 cm³/mol. The lowest BCUT2D eigenvalue weighted by Crippen LogP contribution is -2.60. The minimum atomic E-state index is -0.0807. The van der Waals surface area contributed by atoms with Gasteiger partial charge in [0.25, 0.3) is 5.91 Å². The van der Waals surface area contributed by atoms with Gasteiger partial charge in [-0.05, 0) is 86.6 Å². The minimum Gasteiger partial charge on any atom is -0.493 e. The summed E-state index contributed by atoms with van der Waals surface area (Å²) in [6.45, 7) is 4.66. The van der Waals surface area contributed by atoms with E-state index >= 15 is 0 Å². The molecular weight excluding hydrogens is 548 g/mol. The molecular formula is C33H44N4O6. The Morgan fingerprint density at radius 1 is 1.05 bits per heavy atom. The lowest BCUT2D eigenvalue weighted by atomic mass is 9.77. The Hall–Kier alpha value is -3.82. The number of nitrogens with one attached hydrogen (secondary N) is 1. The standard InChI is InChI=1S/C33H44N4O6/c1-4-43-32-26(9-7-15-35-32)33(40)36-19-23-17-25(21-36)27-10-5-11-29(38)34-14-6-8-24-16-22(12-13-30(39)37(27)20-23)18-28(41-2)31(24)42-3/h7,9,15-16,18,23,25,27H,4-6,8,10-14,17,19-21H2,1-3H3,(H,34,38)/t23-,25+,27-/m0/s1. The smallest absolute Gasteiger partial charge is 0.259 e. The molecule has 3 amide bonds. The third-order valence-electron chi connectivity index (χ3n) is 8.95. The number of benzene rings is 1. The molecule has 1 aromatic heterocycles. The number of carbonyl (C=O) groups excluding carboxylic acids is 3. The van der Waals surface area contributed by atoms with E-state index in [1.165, 1.54) is 0 Å². The van der Waals surface area contributed by atoms with Crippen LogP contribution in [0.15, 0.2) is 30.5 Å². The van der Waals surface area contributed by atoms with Crippen LogP contribution in [0.5, 0.6) is 17.4 Å². The first kappa shape index (κ1) is 30.6. The van der Waals surface area contributed by atoms with Gasteiger partial charge in [-0.15, -0.1) is 0 Å². The fourth-order valence-corrected chi connectivity index (χ4v) is 7.04. The quantitative estimate of drug-likeness (QED) is 0.565. The molecule has 5 rings (SSSR count). The van der Waals surface area contributed by atoms with Gasteiger partial charge in [-0.3, -0.25) is 14.4 Å². The number of fused-ring (bicyclic) bond motifs is 6. The van der Waals surface area contributed by atoms with E-state index in [-0.39, 0.29) is 35.6 Å². The number of nitrogens with zero attached hydrogens (tertiary/aromatic N) is 3. The van der Waals surface area contributed by atoms with Crippen molar-refractivity contribution < 1.29 is 28.6 Å². The van der Waals surface area contributed by atoms with Crippen molar-refractivity contribution >= 4 is 17.7 Å². The fraction of sp³-hybridized carbons (Fsp3) is 0.576. The largest absolute Gasteiger partial charge is 0.493 e. The molecule has 10 heteroatoms. The second-order valence-electron chi connectivity index (χ2n) is 11.8. The van der Waals surface area contributed by atoms with E-state index in [0.717, 1.165) is 36.8 Å². The Morgan fingerprint density at radius 3 is 2.70 bits per heavy atom. The van der Waals surface area contributed by atoms with Crippen LogP contribution in [0.2, 0.25) is 0 Å². The Balaban J connectivity index is 1.37. The fourth-order valence-electron chi connectivity index (χ4n) is 7.04. The maximum atomic E-state index is 13.8. The van der Waals surface area contributed by atoms with Crippen LogP contribution in [-0.2, 0) is 22.4 Å². The lowest BCUT2D eigenvalue weighted by Gasteiger charge is -2.51. The summed E-state index contributed by atoms with van der Waals surface area (Å²) in [4.78, 5) is 48.5. The maximum absolute atomic E-state index is 13.8. The van der Waals surface area contributed by atoms with Gasteiger partial charge in [-0.25, -0.2) is 4.98 Å². The SMILES string of the molecule is CCOc1ncccc1C(=O)N1C[C@@H]2C[C@H](C1)[C@@H]1CCCC(=O)NCCCc3cc(cc(OC)c3OC)CCC(=O)N1C2. The molecule has 2 fully saturated rings. The van der Waals surface area contributed by atoms with Gasteiger partial charge < -0.3 is 29.3 Å². The van der Waals surface area contributed by atoms with Crippen molar-refractivity contribution in [2.75, 3.05) is 47.0 Å². The number of pyridine rings is 1. The number of piperidine rings is 2. The molecule has 232 valence electrons. The minimum absolute atomic E-state index is 0.0254. The number of carbonyl (C=O) groups is 3. The van der Waals surface area contributed by atoms with Crippen LogP contribution in [0, 0.1) is 11.8 Å². The molecule has 0 aliphatic carbocycles. The molecule has 0 radical (unpaired) electrons. The van der Waals surface area contributed by atoms with E-state index in [1.54, 1.807) is 32.5 Å². The van der Waals surface area contributed by atoms with Gasteiger partial charge in [0, 0.05) is 51.3 Å². The number of ether oxygens (including phenoxy) is 3. The summed E-state index contributed by atoms with van der Waals surface area (Å²) < 4.78 is 16.9. The number of hydrogen-bond acceptors (Lipinski definition) is 7. The molecule has 3 atom stereocenters. The van der Waals surface area contributed by atoms with Gasteiger partial charge in [0.2, 0.25) is 17.7 Å². The molecule has 0 unspecified atom stereocenters. The molecule has 4 heterocycles. The summed E-state index contributed by atoms with van der Waals surface area (Å²) in [5.41, 5.74) is 2.52. The predicted octanol–water partition coefficient (Wildman–Crippen LogP) is 3.65. The van der Waals surface area contributed by atoms with Crippen molar-refractivity contribution in [3.63, 3.8) is 0 Å².